The molecule has 3 heterocycles. The third-order valence-corrected chi connectivity index (χ3v) is 4.41. The first kappa shape index (κ1) is 15.5. The zero-order chi connectivity index (χ0) is 17.1. The summed E-state index contributed by atoms with van der Waals surface area (Å²) in [4.78, 5) is 20.3. The minimum Gasteiger partial charge on any atom is -0.497 e. The number of benzene rings is 1. The van der Waals surface area contributed by atoms with Crippen molar-refractivity contribution < 1.29 is 4.74 Å². The molecular weight excluding hydrogens is 314 g/mol. The van der Waals surface area contributed by atoms with Crippen LogP contribution in [0.15, 0.2) is 55.0 Å². The van der Waals surface area contributed by atoms with Gasteiger partial charge in [0.1, 0.15) is 5.75 Å². The summed E-state index contributed by atoms with van der Waals surface area (Å²) in [6, 6.07) is 11.8. The van der Waals surface area contributed by atoms with Gasteiger partial charge < -0.3 is 9.64 Å². The first-order valence-corrected chi connectivity index (χ1v) is 8.36. The molecule has 0 N–H and O–H groups in total. The smallest absolute Gasteiger partial charge is 0.225 e. The molecule has 0 spiro atoms. The first-order chi connectivity index (χ1) is 12.3. The summed E-state index contributed by atoms with van der Waals surface area (Å²) in [7, 11) is 1.66. The van der Waals surface area contributed by atoms with Gasteiger partial charge in [0, 0.05) is 30.7 Å². The maximum Gasteiger partial charge on any atom is 0.225 e. The van der Waals surface area contributed by atoms with Gasteiger partial charge in [-0.25, -0.2) is 19.9 Å². The molecular formula is C19H19N5O. The number of nitrogens with zero attached hydrogens (tertiary/aromatic N) is 5. The van der Waals surface area contributed by atoms with Crippen molar-refractivity contribution in [3.63, 3.8) is 0 Å². The van der Waals surface area contributed by atoms with Crippen LogP contribution < -0.4 is 9.64 Å². The predicted octanol–water partition coefficient (Wildman–Crippen LogP) is 3.28. The quantitative estimate of drug-likeness (QED) is 0.730. The minimum atomic E-state index is 0.176. The van der Waals surface area contributed by atoms with Crippen LogP contribution in [-0.4, -0.2) is 33.6 Å². The first-order valence-electron chi connectivity index (χ1n) is 8.36. The van der Waals surface area contributed by atoms with Gasteiger partial charge in [-0.2, -0.15) is 0 Å². The second-order valence-electron chi connectivity index (χ2n) is 5.94. The van der Waals surface area contributed by atoms with Crippen LogP contribution in [0, 0.1) is 0 Å². The zero-order valence-corrected chi connectivity index (χ0v) is 14.0. The van der Waals surface area contributed by atoms with Crippen LogP contribution in [0.3, 0.4) is 0 Å². The van der Waals surface area contributed by atoms with Gasteiger partial charge in [-0.1, -0.05) is 12.1 Å². The number of hydrogen-bond acceptors (Lipinski definition) is 6. The molecule has 6 nitrogen and oxygen atoms in total. The van der Waals surface area contributed by atoms with Gasteiger partial charge in [0.2, 0.25) is 5.95 Å². The van der Waals surface area contributed by atoms with Gasteiger partial charge >= 0.3 is 0 Å². The normalized spacial score (nSPS) is 16.8. The van der Waals surface area contributed by atoms with Crippen LogP contribution in [0.2, 0.25) is 0 Å². The lowest BCUT2D eigenvalue weighted by Gasteiger charge is -2.24. The highest BCUT2D eigenvalue weighted by atomic mass is 16.5. The molecule has 1 atom stereocenters. The topological polar surface area (TPSA) is 64.0 Å². The lowest BCUT2D eigenvalue weighted by molar-refractivity contribution is 0.415. The summed E-state index contributed by atoms with van der Waals surface area (Å²) < 4.78 is 5.30. The minimum absolute atomic E-state index is 0.176. The van der Waals surface area contributed by atoms with Crippen LogP contribution >= 0.6 is 0 Å². The second kappa shape index (κ2) is 6.84. The van der Waals surface area contributed by atoms with Crippen molar-refractivity contribution in [2.75, 3.05) is 18.6 Å². The SMILES string of the molecule is COc1cccc(-c2nccc(C3CCCN3c3ncccn3)n2)c1. The van der Waals surface area contributed by atoms with Crippen LogP contribution in [0.25, 0.3) is 11.4 Å². The molecule has 1 unspecified atom stereocenters. The molecule has 1 aromatic carbocycles. The molecule has 0 bridgehead atoms. The summed E-state index contributed by atoms with van der Waals surface area (Å²) in [5, 5.41) is 0. The average Bonchev–Trinajstić information content (AvgIpc) is 3.19. The summed E-state index contributed by atoms with van der Waals surface area (Å²) >= 11 is 0. The van der Waals surface area contributed by atoms with E-state index in [9.17, 15) is 0 Å². The molecule has 0 radical (unpaired) electrons. The molecule has 0 aliphatic carbocycles. The summed E-state index contributed by atoms with van der Waals surface area (Å²) in [6.07, 6.45) is 7.51. The van der Waals surface area contributed by atoms with E-state index in [-0.39, 0.29) is 6.04 Å². The Morgan fingerprint density at radius 1 is 1.04 bits per heavy atom. The maximum atomic E-state index is 5.30. The Labute approximate surface area is 146 Å². The third kappa shape index (κ3) is 3.15. The van der Waals surface area contributed by atoms with Gasteiger partial charge in [-0.3, -0.25) is 0 Å². The number of methoxy groups -OCH3 is 1. The highest BCUT2D eigenvalue weighted by Gasteiger charge is 2.29. The van der Waals surface area contributed by atoms with Gasteiger partial charge in [0.05, 0.1) is 18.8 Å². The molecule has 3 aromatic rings. The van der Waals surface area contributed by atoms with E-state index >= 15 is 0 Å². The van der Waals surface area contributed by atoms with Crippen molar-refractivity contribution in [3.05, 3.63) is 60.7 Å². The molecule has 126 valence electrons. The molecule has 1 saturated heterocycles. The van der Waals surface area contributed by atoms with Gasteiger partial charge in [-0.15, -0.1) is 0 Å². The fraction of sp³-hybridized carbons (Fsp3) is 0.263. The van der Waals surface area contributed by atoms with Crippen LogP contribution in [-0.2, 0) is 0 Å². The predicted molar refractivity (Wildman–Crippen MR) is 95.4 cm³/mol. The highest BCUT2D eigenvalue weighted by Crippen LogP contribution is 2.33. The number of hydrogen-bond donors (Lipinski definition) is 0. The Morgan fingerprint density at radius 3 is 2.76 bits per heavy atom. The van der Waals surface area contributed by atoms with Crippen molar-refractivity contribution in [2.45, 2.75) is 18.9 Å². The van der Waals surface area contributed by atoms with E-state index in [0.717, 1.165) is 42.3 Å². The van der Waals surface area contributed by atoms with Gasteiger partial charge in [0.15, 0.2) is 5.82 Å². The fourth-order valence-corrected chi connectivity index (χ4v) is 3.21. The fourth-order valence-electron chi connectivity index (χ4n) is 3.21. The van der Waals surface area contributed by atoms with E-state index in [4.69, 9.17) is 9.72 Å². The molecule has 25 heavy (non-hydrogen) atoms. The number of ether oxygens (including phenoxy) is 1. The van der Waals surface area contributed by atoms with E-state index in [1.807, 2.05) is 42.6 Å². The summed E-state index contributed by atoms with van der Waals surface area (Å²) in [5.41, 5.74) is 1.94. The molecule has 1 aliphatic heterocycles. The van der Waals surface area contributed by atoms with E-state index in [0.29, 0.717) is 5.82 Å². The lowest BCUT2D eigenvalue weighted by atomic mass is 10.1. The molecule has 1 aliphatic rings. The molecule has 0 saturated carbocycles. The molecule has 4 rings (SSSR count). The van der Waals surface area contributed by atoms with Gasteiger partial charge in [-0.05, 0) is 37.1 Å². The Bertz CT molecular complexity index is 855. The van der Waals surface area contributed by atoms with Crippen molar-refractivity contribution in [1.82, 2.24) is 19.9 Å². The van der Waals surface area contributed by atoms with Crippen LogP contribution in [0.4, 0.5) is 5.95 Å². The monoisotopic (exact) mass is 333 g/mol. The largest absolute Gasteiger partial charge is 0.497 e. The van der Waals surface area contributed by atoms with Gasteiger partial charge in [0.25, 0.3) is 0 Å². The van der Waals surface area contributed by atoms with E-state index in [2.05, 4.69) is 19.9 Å². The number of anilines is 1. The molecule has 2 aromatic heterocycles. The van der Waals surface area contributed by atoms with Crippen molar-refractivity contribution in [1.29, 1.82) is 0 Å². The average molecular weight is 333 g/mol. The Balaban J connectivity index is 1.67. The number of aromatic nitrogens is 4. The van der Waals surface area contributed by atoms with E-state index in [1.54, 1.807) is 19.5 Å². The third-order valence-electron chi connectivity index (χ3n) is 4.41. The van der Waals surface area contributed by atoms with Crippen LogP contribution in [0.5, 0.6) is 5.75 Å². The second-order valence-corrected chi connectivity index (χ2v) is 5.94. The lowest BCUT2D eigenvalue weighted by Crippen LogP contribution is -2.25. The highest BCUT2D eigenvalue weighted by molar-refractivity contribution is 5.57. The standard InChI is InChI=1S/C19H19N5O/c1-25-15-6-2-5-14(13-15)18-20-11-8-16(23-18)17-7-3-12-24(17)19-21-9-4-10-22-19/h2,4-6,8-11,13,17H,3,7,12H2,1H3. The Hall–Kier alpha value is -3.02. The molecule has 1 fully saturated rings. The van der Waals surface area contributed by atoms with Crippen molar-refractivity contribution in [2.24, 2.45) is 0 Å². The van der Waals surface area contributed by atoms with E-state index in [1.165, 1.54) is 0 Å². The maximum absolute atomic E-state index is 5.30. The summed E-state index contributed by atoms with van der Waals surface area (Å²) in [6.45, 7) is 0.938. The van der Waals surface area contributed by atoms with Crippen molar-refractivity contribution in [3.8, 4) is 17.1 Å². The zero-order valence-electron chi connectivity index (χ0n) is 14.0. The van der Waals surface area contributed by atoms with Crippen molar-refractivity contribution >= 4 is 5.95 Å². The molecule has 0 amide bonds. The summed E-state index contributed by atoms with van der Waals surface area (Å²) in [5.74, 6) is 2.26. The Kier molecular flexibility index (Phi) is 4.24. The number of rotatable bonds is 4. The Morgan fingerprint density at radius 2 is 1.92 bits per heavy atom. The molecule has 6 heteroatoms. The van der Waals surface area contributed by atoms with E-state index < -0.39 is 0 Å². The van der Waals surface area contributed by atoms with Crippen LogP contribution in [0.1, 0.15) is 24.6 Å².